The SMILES string of the molecule is C=C1C2CC[C@@]3(C4CC5[C@@]6(C)CCC[C@]5(C3[C@H]2O)[C@@H]4N(CC)C6)[C@@H]1O. The van der Waals surface area contributed by atoms with Crippen LogP contribution in [0.5, 0.6) is 0 Å². The molecule has 0 radical (unpaired) electrons. The summed E-state index contributed by atoms with van der Waals surface area (Å²) in [7, 11) is 0. The van der Waals surface area contributed by atoms with Crippen molar-refractivity contribution in [3.63, 3.8) is 0 Å². The zero-order chi connectivity index (χ0) is 17.4. The Bertz CT molecular complexity index is 662. The molecule has 3 heteroatoms. The second-order valence-electron chi connectivity index (χ2n) is 10.7. The Labute approximate surface area is 151 Å². The molecule has 0 aromatic rings. The average molecular weight is 344 g/mol. The van der Waals surface area contributed by atoms with E-state index in [-0.39, 0.29) is 29.0 Å². The minimum atomic E-state index is -0.377. The van der Waals surface area contributed by atoms with E-state index in [0.717, 1.165) is 30.9 Å². The topological polar surface area (TPSA) is 43.7 Å². The van der Waals surface area contributed by atoms with Gasteiger partial charge in [0.05, 0.1) is 12.2 Å². The molecule has 6 saturated carbocycles. The highest BCUT2D eigenvalue weighted by atomic mass is 16.3. The maximum atomic E-state index is 11.5. The number of aliphatic hydroxyl groups excluding tert-OH is 2. The van der Waals surface area contributed by atoms with Crippen molar-refractivity contribution in [1.29, 1.82) is 0 Å². The second kappa shape index (κ2) is 4.36. The predicted octanol–water partition coefficient (Wildman–Crippen LogP) is 2.82. The summed E-state index contributed by atoms with van der Waals surface area (Å²) < 4.78 is 0. The largest absolute Gasteiger partial charge is 0.392 e. The quantitative estimate of drug-likeness (QED) is 0.720. The van der Waals surface area contributed by atoms with Crippen LogP contribution in [-0.2, 0) is 0 Å². The van der Waals surface area contributed by atoms with Crippen LogP contribution >= 0.6 is 0 Å². The van der Waals surface area contributed by atoms with Crippen molar-refractivity contribution in [3.05, 3.63) is 12.2 Å². The number of hydrogen-bond donors (Lipinski definition) is 2. The molecule has 1 aliphatic heterocycles. The predicted molar refractivity (Wildman–Crippen MR) is 96.8 cm³/mol. The molecule has 1 heterocycles. The summed E-state index contributed by atoms with van der Waals surface area (Å²) >= 11 is 0. The van der Waals surface area contributed by atoms with Crippen LogP contribution in [0, 0.1) is 39.9 Å². The molecular formula is C22H33NO2. The number of piperidine rings is 1. The third kappa shape index (κ3) is 1.34. The first-order valence-corrected chi connectivity index (χ1v) is 10.7. The summed E-state index contributed by atoms with van der Waals surface area (Å²) in [6.45, 7) is 11.5. The van der Waals surface area contributed by atoms with Crippen LogP contribution < -0.4 is 0 Å². The number of rotatable bonds is 1. The van der Waals surface area contributed by atoms with Crippen LogP contribution in [-0.4, -0.2) is 46.5 Å². The summed E-state index contributed by atoms with van der Waals surface area (Å²) in [5, 5.41) is 22.9. The minimum Gasteiger partial charge on any atom is -0.392 e. The van der Waals surface area contributed by atoms with E-state index in [1.165, 1.54) is 32.2 Å². The van der Waals surface area contributed by atoms with E-state index in [4.69, 9.17) is 0 Å². The molecule has 7 fully saturated rings. The van der Waals surface area contributed by atoms with Gasteiger partial charge in [0.15, 0.2) is 0 Å². The van der Waals surface area contributed by atoms with Gasteiger partial charge in [0.2, 0.25) is 0 Å². The first-order chi connectivity index (χ1) is 11.9. The molecule has 138 valence electrons. The van der Waals surface area contributed by atoms with Gasteiger partial charge in [0.1, 0.15) is 0 Å². The molecule has 25 heavy (non-hydrogen) atoms. The number of fused-ring (bicyclic) bond motifs is 2. The zero-order valence-corrected chi connectivity index (χ0v) is 15.7. The number of hydrogen-bond acceptors (Lipinski definition) is 3. The lowest BCUT2D eigenvalue weighted by Crippen LogP contribution is -2.69. The highest BCUT2D eigenvalue weighted by Crippen LogP contribution is 2.83. The van der Waals surface area contributed by atoms with E-state index in [9.17, 15) is 10.2 Å². The standard InChI is InChI=1S/C22H33NO2/c1-4-23-11-20(3)7-5-8-22-15(20)10-14(18(22)23)21-9-6-13(12(2)19(21)25)16(24)17(21)22/h13-19,24-25H,2,4-11H2,1,3H3/t13?,14?,15?,16-,17?,18+,19+,20-,21-,22-/m0/s1. The summed E-state index contributed by atoms with van der Waals surface area (Å²) in [5.74, 6) is 1.77. The third-order valence-corrected chi connectivity index (χ3v) is 10.5. The van der Waals surface area contributed by atoms with Gasteiger partial charge in [-0.3, -0.25) is 4.90 Å². The van der Waals surface area contributed by atoms with E-state index in [1.54, 1.807) is 0 Å². The number of nitrogens with zero attached hydrogens (tertiary/aromatic N) is 1. The van der Waals surface area contributed by atoms with Gasteiger partial charge in [-0.1, -0.05) is 26.8 Å². The molecule has 2 N–H and O–H groups in total. The Hall–Kier alpha value is -0.380. The molecule has 3 nitrogen and oxygen atoms in total. The van der Waals surface area contributed by atoms with Gasteiger partial charge in [-0.05, 0) is 66.9 Å². The van der Waals surface area contributed by atoms with Crippen LogP contribution in [0.4, 0.5) is 0 Å². The Morgan fingerprint density at radius 3 is 2.76 bits per heavy atom. The normalized spacial score (nSPS) is 64.6. The zero-order valence-electron chi connectivity index (χ0n) is 15.7. The molecule has 7 aliphatic rings. The van der Waals surface area contributed by atoms with Gasteiger partial charge >= 0.3 is 0 Å². The van der Waals surface area contributed by atoms with Crippen molar-refractivity contribution >= 4 is 0 Å². The van der Waals surface area contributed by atoms with Crippen LogP contribution in [0.25, 0.3) is 0 Å². The number of likely N-dealkylation sites (tertiary alicyclic amines) is 1. The average Bonchev–Trinajstić information content (AvgIpc) is 2.99. The highest BCUT2D eigenvalue weighted by Gasteiger charge is 2.84. The summed E-state index contributed by atoms with van der Waals surface area (Å²) in [6, 6.07) is 0.592. The lowest BCUT2D eigenvalue weighted by atomic mass is 9.39. The van der Waals surface area contributed by atoms with E-state index in [0.29, 0.717) is 23.3 Å². The Morgan fingerprint density at radius 2 is 2.00 bits per heavy atom. The Kier molecular flexibility index (Phi) is 2.73. The van der Waals surface area contributed by atoms with Crippen molar-refractivity contribution in [3.8, 4) is 0 Å². The molecule has 0 aromatic carbocycles. The second-order valence-corrected chi connectivity index (χ2v) is 10.7. The summed E-state index contributed by atoms with van der Waals surface area (Å²) in [5.41, 5.74) is 1.54. The van der Waals surface area contributed by atoms with Crippen molar-refractivity contribution in [1.82, 2.24) is 4.90 Å². The molecular weight excluding hydrogens is 310 g/mol. The fourth-order valence-electron chi connectivity index (χ4n) is 10.1. The van der Waals surface area contributed by atoms with E-state index in [2.05, 4.69) is 25.3 Å². The van der Waals surface area contributed by atoms with Gasteiger partial charge < -0.3 is 10.2 Å². The van der Waals surface area contributed by atoms with Crippen molar-refractivity contribution < 1.29 is 10.2 Å². The van der Waals surface area contributed by atoms with Gasteiger partial charge in [-0.25, -0.2) is 0 Å². The Morgan fingerprint density at radius 1 is 1.20 bits per heavy atom. The molecule has 6 aliphatic carbocycles. The maximum absolute atomic E-state index is 11.5. The van der Waals surface area contributed by atoms with Gasteiger partial charge in [-0.2, -0.15) is 0 Å². The van der Waals surface area contributed by atoms with Crippen LogP contribution in [0.1, 0.15) is 52.4 Å². The molecule has 2 spiro atoms. The third-order valence-electron chi connectivity index (χ3n) is 10.5. The highest BCUT2D eigenvalue weighted by molar-refractivity contribution is 5.38. The van der Waals surface area contributed by atoms with Crippen molar-refractivity contribution in [2.24, 2.45) is 39.9 Å². The van der Waals surface area contributed by atoms with Gasteiger partial charge in [-0.15, -0.1) is 0 Å². The van der Waals surface area contributed by atoms with Crippen LogP contribution in [0.3, 0.4) is 0 Å². The van der Waals surface area contributed by atoms with Gasteiger partial charge in [0.25, 0.3) is 0 Å². The summed E-state index contributed by atoms with van der Waals surface area (Å²) in [4.78, 5) is 2.77. The fourth-order valence-corrected chi connectivity index (χ4v) is 10.1. The molecule has 10 atom stereocenters. The van der Waals surface area contributed by atoms with E-state index >= 15 is 0 Å². The molecule has 7 bridgehead atoms. The van der Waals surface area contributed by atoms with E-state index < -0.39 is 0 Å². The van der Waals surface area contributed by atoms with Crippen molar-refractivity contribution in [2.45, 2.75) is 70.6 Å². The maximum Gasteiger partial charge on any atom is 0.0814 e. The lowest BCUT2D eigenvalue weighted by molar-refractivity contribution is -0.227. The van der Waals surface area contributed by atoms with E-state index in [1.807, 2.05) is 0 Å². The Balaban J connectivity index is 1.60. The number of aliphatic hydroxyl groups is 2. The smallest absolute Gasteiger partial charge is 0.0814 e. The minimum absolute atomic E-state index is 0.0809. The summed E-state index contributed by atoms with van der Waals surface area (Å²) in [6.07, 6.45) is 6.75. The molecule has 7 rings (SSSR count). The van der Waals surface area contributed by atoms with Crippen LogP contribution in [0.2, 0.25) is 0 Å². The van der Waals surface area contributed by atoms with Crippen molar-refractivity contribution in [2.75, 3.05) is 13.1 Å². The van der Waals surface area contributed by atoms with Crippen LogP contribution in [0.15, 0.2) is 12.2 Å². The fraction of sp³-hybridized carbons (Fsp3) is 0.909. The molecule has 0 aromatic heterocycles. The molecule has 1 saturated heterocycles. The monoisotopic (exact) mass is 343 g/mol. The molecule has 4 unspecified atom stereocenters. The molecule has 0 amide bonds. The first kappa shape index (κ1) is 15.7. The first-order valence-electron chi connectivity index (χ1n) is 10.7. The lowest BCUT2D eigenvalue weighted by Gasteiger charge is -2.68. The van der Waals surface area contributed by atoms with Gasteiger partial charge in [0, 0.05) is 29.8 Å².